The van der Waals surface area contributed by atoms with Gasteiger partial charge >= 0.3 is 5.97 Å². The standard InChI is InChI=1S/C18H13F2N3O4S/c1-26-17(25)13-8-12(5-6-14(13)20)21-15(24)9-28-18-23-22-16(27-18)10-3-2-4-11(19)7-10/h2-8H,9H2,1H3,(H,21,24). The Bertz CT molecular complexity index is 1030. The number of nitrogens with zero attached hydrogens (tertiary/aromatic N) is 2. The molecule has 0 unspecified atom stereocenters. The van der Waals surface area contributed by atoms with E-state index in [1.807, 2.05) is 0 Å². The first kappa shape index (κ1) is 19.5. The fourth-order valence-corrected chi connectivity index (χ4v) is 2.76. The highest BCUT2D eigenvalue weighted by Gasteiger charge is 2.15. The zero-order chi connectivity index (χ0) is 20.1. The number of aromatic nitrogens is 2. The van der Waals surface area contributed by atoms with E-state index in [2.05, 4.69) is 20.3 Å². The molecule has 7 nitrogen and oxygen atoms in total. The lowest BCUT2D eigenvalue weighted by Crippen LogP contribution is -2.15. The van der Waals surface area contributed by atoms with Crippen molar-refractivity contribution in [3.63, 3.8) is 0 Å². The van der Waals surface area contributed by atoms with Crippen LogP contribution in [0.25, 0.3) is 11.5 Å². The van der Waals surface area contributed by atoms with Crippen LogP contribution in [0.3, 0.4) is 0 Å². The average molecular weight is 405 g/mol. The molecule has 10 heteroatoms. The highest BCUT2D eigenvalue weighted by molar-refractivity contribution is 7.99. The van der Waals surface area contributed by atoms with Crippen molar-refractivity contribution in [3.8, 4) is 11.5 Å². The number of hydrogen-bond donors (Lipinski definition) is 1. The van der Waals surface area contributed by atoms with Crippen LogP contribution in [0.5, 0.6) is 0 Å². The Morgan fingerprint density at radius 3 is 2.75 bits per heavy atom. The molecule has 1 heterocycles. The second-order valence-electron chi connectivity index (χ2n) is 5.41. The Labute approximate surface area is 162 Å². The predicted octanol–water partition coefficient (Wildman–Crippen LogP) is 3.53. The van der Waals surface area contributed by atoms with Crippen molar-refractivity contribution < 1.29 is 27.5 Å². The van der Waals surface area contributed by atoms with Gasteiger partial charge in [-0.2, -0.15) is 0 Å². The zero-order valence-electron chi connectivity index (χ0n) is 14.4. The van der Waals surface area contributed by atoms with E-state index in [1.54, 1.807) is 6.07 Å². The molecule has 0 saturated heterocycles. The lowest BCUT2D eigenvalue weighted by molar-refractivity contribution is -0.113. The van der Waals surface area contributed by atoms with Gasteiger partial charge in [0.15, 0.2) is 0 Å². The summed E-state index contributed by atoms with van der Waals surface area (Å²) in [5.74, 6) is -2.42. The maximum atomic E-state index is 13.6. The Balaban J connectivity index is 1.60. The number of carbonyl (C=O) groups is 2. The number of thioether (sulfide) groups is 1. The van der Waals surface area contributed by atoms with Crippen molar-refractivity contribution in [2.45, 2.75) is 5.22 Å². The molecule has 0 spiro atoms. The van der Waals surface area contributed by atoms with Crippen LogP contribution in [-0.2, 0) is 9.53 Å². The number of methoxy groups -OCH3 is 1. The van der Waals surface area contributed by atoms with Gasteiger partial charge in [0, 0.05) is 11.3 Å². The molecule has 0 aliphatic carbocycles. The van der Waals surface area contributed by atoms with E-state index >= 15 is 0 Å². The molecule has 1 N–H and O–H groups in total. The zero-order valence-corrected chi connectivity index (χ0v) is 15.3. The SMILES string of the molecule is COC(=O)c1cc(NC(=O)CSc2nnc(-c3cccc(F)c3)o2)ccc1F. The van der Waals surface area contributed by atoms with E-state index in [4.69, 9.17) is 4.42 Å². The first-order valence-corrected chi connectivity index (χ1v) is 8.85. The first-order valence-electron chi connectivity index (χ1n) is 7.86. The lowest BCUT2D eigenvalue weighted by atomic mass is 10.2. The van der Waals surface area contributed by atoms with Gasteiger partial charge in [0.25, 0.3) is 5.22 Å². The molecule has 0 atom stereocenters. The second kappa shape index (κ2) is 8.61. The summed E-state index contributed by atoms with van der Waals surface area (Å²) in [4.78, 5) is 23.6. The summed E-state index contributed by atoms with van der Waals surface area (Å²) < 4.78 is 36.7. The third-order valence-electron chi connectivity index (χ3n) is 3.46. The molecule has 3 rings (SSSR count). The molecule has 0 saturated carbocycles. The third kappa shape index (κ3) is 4.71. The third-order valence-corrected chi connectivity index (χ3v) is 4.28. The van der Waals surface area contributed by atoms with E-state index < -0.39 is 23.5 Å². The number of halogens is 2. The maximum Gasteiger partial charge on any atom is 0.340 e. The van der Waals surface area contributed by atoms with E-state index in [-0.39, 0.29) is 28.1 Å². The van der Waals surface area contributed by atoms with Gasteiger partial charge in [-0.3, -0.25) is 4.79 Å². The van der Waals surface area contributed by atoms with Crippen molar-refractivity contribution in [3.05, 3.63) is 59.7 Å². The summed E-state index contributed by atoms with van der Waals surface area (Å²) in [6, 6.07) is 9.23. The van der Waals surface area contributed by atoms with Gasteiger partial charge in [-0.05, 0) is 36.4 Å². The number of benzene rings is 2. The number of carbonyl (C=O) groups excluding carboxylic acids is 2. The summed E-state index contributed by atoms with van der Waals surface area (Å²) >= 11 is 0.974. The van der Waals surface area contributed by atoms with Gasteiger partial charge in [-0.15, -0.1) is 10.2 Å². The van der Waals surface area contributed by atoms with Crippen molar-refractivity contribution in [2.24, 2.45) is 0 Å². The van der Waals surface area contributed by atoms with Gasteiger partial charge in [-0.1, -0.05) is 17.8 Å². The highest BCUT2D eigenvalue weighted by atomic mass is 32.2. The Morgan fingerprint density at radius 2 is 2.00 bits per heavy atom. The van der Waals surface area contributed by atoms with Gasteiger partial charge in [0.05, 0.1) is 18.4 Å². The van der Waals surface area contributed by atoms with Crippen LogP contribution < -0.4 is 5.32 Å². The molecule has 2 aromatic carbocycles. The minimum absolute atomic E-state index is 0.0737. The summed E-state index contributed by atoms with van der Waals surface area (Å²) in [5, 5.41) is 10.3. The smallest absolute Gasteiger partial charge is 0.340 e. The molecule has 3 aromatic rings. The number of esters is 1. The maximum absolute atomic E-state index is 13.6. The number of ether oxygens (including phenoxy) is 1. The minimum Gasteiger partial charge on any atom is -0.465 e. The van der Waals surface area contributed by atoms with E-state index in [9.17, 15) is 18.4 Å². The van der Waals surface area contributed by atoms with Crippen molar-refractivity contribution in [2.75, 3.05) is 18.2 Å². The number of amides is 1. The average Bonchev–Trinajstić information content (AvgIpc) is 3.16. The van der Waals surface area contributed by atoms with Crippen LogP contribution in [0.4, 0.5) is 14.5 Å². The van der Waals surface area contributed by atoms with Crippen molar-refractivity contribution in [1.29, 1.82) is 0 Å². The molecule has 1 aromatic heterocycles. The monoisotopic (exact) mass is 405 g/mol. The van der Waals surface area contributed by atoms with E-state index in [1.165, 1.54) is 30.3 Å². The lowest BCUT2D eigenvalue weighted by Gasteiger charge is -2.07. The fraction of sp³-hybridized carbons (Fsp3) is 0.111. The Morgan fingerprint density at radius 1 is 1.18 bits per heavy atom. The van der Waals surface area contributed by atoms with Crippen LogP contribution in [-0.4, -0.2) is 34.9 Å². The molecule has 28 heavy (non-hydrogen) atoms. The van der Waals surface area contributed by atoms with Gasteiger partial charge in [0.2, 0.25) is 11.8 Å². The highest BCUT2D eigenvalue weighted by Crippen LogP contribution is 2.24. The number of hydrogen-bond acceptors (Lipinski definition) is 7. The summed E-state index contributed by atoms with van der Waals surface area (Å²) in [5.41, 5.74) is 0.369. The van der Waals surface area contributed by atoms with Gasteiger partial charge in [0.1, 0.15) is 11.6 Å². The number of anilines is 1. The van der Waals surface area contributed by atoms with Crippen LogP contribution in [0.1, 0.15) is 10.4 Å². The topological polar surface area (TPSA) is 94.3 Å². The van der Waals surface area contributed by atoms with Crippen LogP contribution in [0.15, 0.2) is 52.1 Å². The molecule has 0 fully saturated rings. The van der Waals surface area contributed by atoms with Crippen LogP contribution >= 0.6 is 11.8 Å². The summed E-state index contributed by atoms with van der Waals surface area (Å²) in [6.07, 6.45) is 0. The molecular formula is C18H13F2N3O4S. The number of rotatable bonds is 6. The minimum atomic E-state index is -0.848. The van der Waals surface area contributed by atoms with Crippen molar-refractivity contribution >= 4 is 29.3 Å². The second-order valence-corrected chi connectivity index (χ2v) is 6.33. The van der Waals surface area contributed by atoms with Crippen molar-refractivity contribution in [1.82, 2.24) is 10.2 Å². The molecule has 0 bridgehead atoms. The molecule has 144 valence electrons. The van der Waals surface area contributed by atoms with E-state index in [0.29, 0.717) is 5.56 Å². The van der Waals surface area contributed by atoms with Crippen LogP contribution in [0, 0.1) is 11.6 Å². The fourth-order valence-electron chi connectivity index (χ4n) is 2.20. The van der Waals surface area contributed by atoms with Gasteiger partial charge < -0.3 is 14.5 Å². The predicted molar refractivity (Wildman–Crippen MR) is 96.8 cm³/mol. The van der Waals surface area contributed by atoms with E-state index in [0.717, 1.165) is 24.9 Å². The molecule has 0 aliphatic rings. The summed E-state index contributed by atoms with van der Waals surface area (Å²) in [7, 11) is 1.13. The normalized spacial score (nSPS) is 10.5. The molecule has 0 aliphatic heterocycles. The quantitative estimate of drug-likeness (QED) is 0.495. The first-order chi connectivity index (χ1) is 13.5. The Kier molecular flexibility index (Phi) is 5.99. The summed E-state index contributed by atoms with van der Waals surface area (Å²) in [6.45, 7) is 0. The molecule has 1 amide bonds. The largest absolute Gasteiger partial charge is 0.465 e. The molecular weight excluding hydrogens is 392 g/mol. The molecule has 0 radical (unpaired) electrons. The van der Waals surface area contributed by atoms with Gasteiger partial charge in [-0.25, -0.2) is 13.6 Å². The number of nitrogens with one attached hydrogen (secondary N) is 1. The Hall–Kier alpha value is -3.27. The van der Waals surface area contributed by atoms with Crippen LogP contribution in [0.2, 0.25) is 0 Å².